The number of carbonyl (C=O) groups is 1. The quantitative estimate of drug-likeness (QED) is 0.471. The lowest BCUT2D eigenvalue weighted by atomic mass is 10.1. The SMILES string of the molecule is Cc1ccc(-c2cnc(-c3ccccc3C(=O)N(C)c3ccccc3)o2)cc1. The van der Waals surface area contributed by atoms with Crippen LogP contribution < -0.4 is 4.90 Å². The molecule has 0 aliphatic rings. The standard InChI is InChI=1S/C24H20N2O2/c1-17-12-14-18(15-13-17)22-16-25-23(28-22)20-10-6-7-11-21(20)24(27)26(2)19-8-4-3-5-9-19/h3-16H,1-2H3. The lowest BCUT2D eigenvalue weighted by molar-refractivity contribution is 0.0993. The van der Waals surface area contributed by atoms with Crippen molar-refractivity contribution in [2.75, 3.05) is 11.9 Å². The molecule has 28 heavy (non-hydrogen) atoms. The van der Waals surface area contributed by atoms with Crippen molar-refractivity contribution in [3.05, 3.63) is 96.2 Å². The molecule has 0 bridgehead atoms. The number of para-hydroxylation sites is 1. The van der Waals surface area contributed by atoms with Crippen LogP contribution in [0.2, 0.25) is 0 Å². The van der Waals surface area contributed by atoms with Gasteiger partial charge in [0.1, 0.15) is 0 Å². The van der Waals surface area contributed by atoms with Crippen molar-refractivity contribution in [2.24, 2.45) is 0 Å². The first-order chi connectivity index (χ1) is 13.6. The fraction of sp³-hybridized carbons (Fsp3) is 0.0833. The fourth-order valence-corrected chi connectivity index (χ4v) is 3.06. The molecule has 0 unspecified atom stereocenters. The van der Waals surface area contributed by atoms with E-state index >= 15 is 0 Å². The molecular weight excluding hydrogens is 348 g/mol. The molecule has 3 aromatic carbocycles. The second-order valence-electron chi connectivity index (χ2n) is 6.64. The Morgan fingerprint density at radius 2 is 1.57 bits per heavy atom. The van der Waals surface area contributed by atoms with Crippen molar-refractivity contribution in [3.8, 4) is 22.8 Å². The van der Waals surface area contributed by atoms with Crippen LogP contribution in [0.5, 0.6) is 0 Å². The maximum Gasteiger partial charge on any atom is 0.258 e. The van der Waals surface area contributed by atoms with E-state index in [1.165, 1.54) is 5.56 Å². The van der Waals surface area contributed by atoms with E-state index in [-0.39, 0.29) is 5.91 Å². The van der Waals surface area contributed by atoms with Crippen LogP contribution in [0.1, 0.15) is 15.9 Å². The Morgan fingerprint density at radius 1 is 0.893 bits per heavy atom. The van der Waals surface area contributed by atoms with Crippen LogP contribution in [0.25, 0.3) is 22.8 Å². The average molecular weight is 368 g/mol. The third-order valence-corrected chi connectivity index (χ3v) is 4.68. The van der Waals surface area contributed by atoms with Crippen molar-refractivity contribution >= 4 is 11.6 Å². The van der Waals surface area contributed by atoms with E-state index in [1.54, 1.807) is 24.2 Å². The van der Waals surface area contributed by atoms with Gasteiger partial charge in [-0.1, -0.05) is 60.2 Å². The van der Waals surface area contributed by atoms with Crippen LogP contribution in [-0.2, 0) is 0 Å². The largest absolute Gasteiger partial charge is 0.436 e. The molecule has 0 aliphatic carbocycles. The lowest BCUT2D eigenvalue weighted by Crippen LogP contribution is -2.26. The fourth-order valence-electron chi connectivity index (χ4n) is 3.06. The summed E-state index contributed by atoms with van der Waals surface area (Å²) in [6.07, 6.45) is 1.70. The summed E-state index contributed by atoms with van der Waals surface area (Å²) >= 11 is 0. The number of aryl methyl sites for hydroxylation is 1. The van der Waals surface area contributed by atoms with Gasteiger partial charge >= 0.3 is 0 Å². The molecule has 4 heteroatoms. The van der Waals surface area contributed by atoms with Gasteiger partial charge in [0.2, 0.25) is 5.89 Å². The topological polar surface area (TPSA) is 46.3 Å². The van der Waals surface area contributed by atoms with Crippen molar-refractivity contribution in [3.63, 3.8) is 0 Å². The van der Waals surface area contributed by atoms with E-state index in [9.17, 15) is 4.79 Å². The number of amides is 1. The van der Waals surface area contributed by atoms with Gasteiger partial charge in [-0.25, -0.2) is 4.98 Å². The first-order valence-corrected chi connectivity index (χ1v) is 9.09. The minimum absolute atomic E-state index is 0.114. The number of benzene rings is 3. The predicted molar refractivity (Wildman–Crippen MR) is 111 cm³/mol. The van der Waals surface area contributed by atoms with Gasteiger partial charge in [-0.2, -0.15) is 0 Å². The summed E-state index contributed by atoms with van der Waals surface area (Å²) in [7, 11) is 1.77. The number of carbonyl (C=O) groups excluding carboxylic acids is 1. The van der Waals surface area contributed by atoms with E-state index in [0.29, 0.717) is 22.8 Å². The van der Waals surface area contributed by atoms with Crippen LogP contribution in [-0.4, -0.2) is 17.9 Å². The summed E-state index contributed by atoms with van der Waals surface area (Å²) in [5.74, 6) is 0.992. The van der Waals surface area contributed by atoms with Crippen molar-refractivity contribution in [1.29, 1.82) is 0 Å². The summed E-state index contributed by atoms with van der Waals surface area (Å²) in [6, 6.07) is 25.0. The van der Waals surface area contributed by atoms with Gasteiger partial charge in [0.25, 0.3) is 5.91 Å². The summed E-state index contributed by atoms with van der Waals surface area (Å²) in [5.41, 5.74) is 4.19. The molecule has 1 aromatic heterocycles. The van der Waals surface area contributed by atoms with Gasteiger partial charge in [-0.3, -0.25) is 4.79 Å². The molecule has 0 spiro atoms. The lowest BCUT2D eigenvalue weighted by Gasteiger charge is -2.18. The zero-order valence-electron chi connectivity index (χ0n) is 15.8. The van der Waals surface area contributed by atoms with Crippen molar-refractivity contribution in [1.82, 2.24) is 4.98 Å². The third-order valence-electron chi connectivity index (χ3n) is 4.68. The van der Waals surface area contributed by atoms with E-state index in [0.717, 1.165) is 11.3 Å². The Bertz CT molecular complexity index is 1100. The summed E-state index contributed by atoms with van der Waals surface area (Å²) in [5, 5.41) is 0. The molecule has 4 rings (SSSR count). The van der Waals surface area contributed by atoms with Crippen LogP contribution in [0, 0.1) is 6.92 Å². The van der Waals surface area contributed by atoms with Gasteiger partial charge in [0.05, 0.1) is 11.8 Å². The zero-order valence-corrected chi connectivity index (χ0v) is 15.8. The van der Waals surface area contributed by atoms with E-state index in [4.69, 9.17) is 4.42 Å². The molecule has 0 aliphatic heterocycles. The van der Waals surface area contributed by atoms with Gasteiger partial charge in [0.15, 0.2) is 5.76 Å². The number of aromatic nitrogens is 1. The number of oxazole rings is 1. The Balaban J connectivity index is 1.69. The Hall–Kier alpha value is -3.66. The zero-order chi connectivity index (χ0) is 19.5. The molecule has 0 radical (unpaired) electrons. The van der Waals surface area contributed by atoms with E-state index in [2.05, 4.69) is 4.98 Å². The number of hydrogen-bond donors (Lipinski definition) is 0. The Morgan fingerprint density at radius 3 is 2.32 bits per heavy atom. The highest BCUT2D eigenvalue weighted by atomic mass is 16.4. The normalized spacial score (nSPS) is 10.6. The molecule has 4 aromatic rings. The molecule has 0 saturated heterocycles. The van der Waals surface area contributed by atoms with Gasteiger partial charge in [-0.15, -0.1) is 0 Å². The highest BCUT2D eigenvalue weighted by Crippen LogP contribution is 2.29. The summed E-state index contributed by atoms with van der Waals surface area (Å²) in [4.78, 5) is 19.2. The highest BCUT2D eigenvalue weighted by Gasteiger charge is 2.20. The summed E-state index contributed by atoms with van der Waals surface area (Å²) in [6.45, 7) is 2.04. The Labute approximate surface area is 164 Å². The molecule has 1 amide bonds. The second kappa shape index (κ2) is 7.53. The average Bonchev–Trinajstić information content (AvgIpc) is 3.24. The number of anilines is 1. The van der Waals surface area contributed by atoms with Crippen LogP contribution in [0.3, 0.4) is 0 Å². The number of rotatable bonds is 4. The molecule has 0 fully saturated rings. The van der Waals surface area contributed by atoms with Crippen LogP contribution >= 0.6 is 0 Å². The minimum atomic E-state index is -0.114. The first kappa shape index (κ1) is 17.7. The second-order valence-corrected chi connectivity index (χ2v) is 6.64. The molecule has 0 atom stereocenters. The van der Waals surface area contributed by atoms with Crippen LogP contribution in [0.4, 0.5) is 5.69 Å². The van der Waals surface area contributed by atoms with Gasteiger partial charge in [-0.05, 0) is 31.2 Å². The molecular formula is C24H20N2O2. The van der Waals surface area contributed by atoms with E-state index in [1.807, 2.05) is 79.7 Å². The van der Waals surface area contributed by atoms with Gasteiger partial charge in [0, 0.05) is 23.9 Å². The van der Waals surface area contributed by atoms with Crippen LogP contribution in [0.15, 0.2) is 89.5 Å². The Kier molecular flexibility index (Phi) is 4.77. The maximum absolute atomic E-state index is 13.1. The number of hydrogen-bond acceptors (Lipinski definition) is 3. The molecule has 0 N–H and O–H groups in total. The van der Waals surface area contributed by atoms with Crippen molar-refractivity contribution in [2.45, 2.75) is 6.92 Å². The molecule has 0 saturated carbocycles. The van der Waals surface area contributed by atoms with Crippen molar-refractivity contribution < 1.29 is 9.21 Å². The third kappa shape index (κ3) is 3.45. The van der Waals surface area contributed by atoms with Gasteiger partial charge < -0.3 is 9.32 Å². The molecule has 138 valence electrons. The maximum atomic E-state index is 13.1. The monoisotopic (exact) mass is 368 g/mol. The minimum Gasteiger partial charge on any atom is -0.436 e. The number of nitrogens with zero attached hydrogens (tertiary/aromatic N) is 2. The summed E-state index contributed by atoms with van der Waals surface area (Å²) < 4.78 is 5.99. The smallest absolute Gasteiger partial charge is 0.258 e. The molecule has 1 heterocycles. The van der Waals surface area contributed by atoms with E-state index < -0.39 is 0 Å². The first-order valence-electron chi connectivity index (χ1n) is 9.09. The highest BCUT2D eigenvalue weighted by molar-refractivity contribution is 6.09. The predicted octanol–water partition coefficient (Wildman–Crippen LogP) is 5.59. The molecule has 4 nitrogen and oxygen atoms in total.